The van der Waals surface area contributed by atoms with Crippen molar-refractivity contribution in [2.45, 2.75) is 31.8 Å². The number of halogens is 1. The third-order valence-corrected chi connectivity index (χ3v) is 6.20. The number of hydrogen-bond donors (Lipinski definition) is 1. The first-order valence-corrected chi connectivity index (χ1v) is 9.37. The van der Waals surface area contributed by atoms with E-state index in [9.17, 15) is 4.79 Å². The molecule has 3 fully saturated rings. The van der Waals surface area contributed by atoms with Crippen LogP contribution in [0.5, 0.6) is 11.0 Å². The molecule has 128 valence electrons. The molecule has 2 unspecified atom stereocenters. The average molecular weight is 367 g/mol. The van der Waals surface area contributed by atoms with Crippen LogP contribution in [0, 0.1) is 5.92 Å². The highest BCUT2D eigenvalue weighted by molar-refractivity contribution is 7.15. The Morgan fingerprint density at radius 3 is 2.79 bits per heavy atom. The first-order valence-electron chi connectivity index (χ1n) is 8.18. The van der Waals surface area contributed by atoms with Crippen molar-refractivity contribution < 1.29 is 13.9 Å². The number of thiophene rings is 1. The highest BCUT2D eigenvalue weighted by atomic mass is 35.5. The number of amides is 1. The quantitative estimate of drug-likeness (QED) is 0.888. The van der Waals surface area contributed by atoms with Gasteiger partial charge in [-0.3, -0.25) is 9.69 Å². The number of furan rings is 1. The van der Waals surface area contributed by atoms with Crippen molar-refractivity contribution in [1.29, 1.82) is 0 Å². The number of carbonyl (C=O) groups is 1. The van der Waals surface area contributed by atoms with Crippen LogP contribution in [-0.2, 0) is 0 Å². The molecule has 0 aliphatic carbocycles. The van der Waals surface area contributed by atoms with Gasteiger partial charge in [-0.1, -0.05) is 11.3 Å². The Morgan fingerprint density at radius 2 is 2.12 bits per heavy atom. The van der Waals surface area contributed by atoms with Gasteiger partial charge >= 0.3 is 0 Å². The second-order valence-electron chi connectivity index (χ2n) is 6.39. The third-order valence-electron chi connectivity index (χ3n) is 5.03. The third kappa shape index (κ3) is 3.06. The van der Waals surface area contributed by atoms with E-state index >= 15 is 0 Å². The zero-order chi connectivity index (χ0) is 16.7. The Balaban J connectivity index is 1.41. The maximum atomic E-state index is 12.6. The fraction of sp³-hybridized carbons (Fsp3) is 0.471. The van der Waals surface area contributed by atoms with Crippen LogP contribution in [-0.4, -0.2) is 36.0 Å². The molecule has 2 bridgehead atoms. The zero-order valence-electron chi connectivity index (χ0n) is 13.3. The lowest BCUT2D eigenvalue weighted by atomic mass is 9.79. The first kappa shape index (κ1) is 16.0. The largest absolute Gasteiger partial charge is 0.415 e. The van der Waals surface area contributed by atoms with Crippen molar-refractivity contribution in [2.24, 2.45) is 5.92 Å². The molecular weight excluding hydrogens is 348 g/mol. The van der Waals surface area contributed by atoms with E-state index in [0.717, 1.165) is 13.1 Å². The van der Waals surface area contributed by atoms with Crippen LogP contribution in [0.3, 0.4) is 0 Å². The lowest BCUT2D eigenvalue weighted by Crippen LogP contribution is -2.62. The van der Waals surface area contributed by atoms with E-state index < -0.39 is 0 Å². The topological polar surface area (TPSA) is 54.7 Å². The SMILES string of the molecule is CC1C(NC(=O)c2ccc(Oc3ccc(Cl)o3)s2)C2CCN1CC2. The molecule has 5 rings (SSSR count). The van der Waals surface area contributed by atoms with Crippen molar-refractivity contribution in [1.82, 2.24) is 10.2 Å². The molecule has 3 saturated heterocycles. The Labute approximate surface area is 149 Å². The van der Waals surface area contributed by atoms with Crippen molar-refractivity contribution >= 4 is 28.8 Å². The zero-order valence-corrected chi connectivity index (χ0v) is 14.9. The fourth-order valence-corrected chi connectivity index (χ4v) is 4.62. The molecule has 3 aliphatic rings. The second kappa shape index (κ2) is 6.43. The molecule has 1 amide bonds. The van der Waals surface area contributed by atoms with Crippen LogP contribution < -0.4 is 10.1 Å². The van der Waals surface area contributed by atoms with E-state index in [-0.39, 0.29) is 17.2 Å². The summed E-state index contributed by atoms with van der Waals surface area (Å²) in [6.45, 7) is 4.52. The highest BCUT2D eigenvalue weighted by Crippen LogP contribution is 2.34. The molecule has 7 heteroatoms. The minimum Gasteiger partial charge on any atom is -0.415 e. The monoisotopic (exact) mass is 366 g/mol. The number of nitrogens with zero attached hydrogens (tertiary/aromatic N) is 1. The number of piperidine rings is 3. The summed E-state index contributed by atoms with van der Waals surface area (Å²) in [6, 6.07) is 7.46. The number of ether oxygens (including phenoxy) is 1. The summed E-state index contributed by atoms with van der Waals surface area (Å²) in [5.74, 6) is 0.882. The summed E-state index contributed by atoms with van der Waals surface area (Å²) in [6.07, 6.45) is 2.35. The van der Waals surface area contributed by atoms with E-state index in [1.165, 1.54) is 24.2 Å². The smallest absolute Gasteiger partial charge is 0.292 e. The molecule has 0 aromatic carbocycles. The molecule has 24 heavy (non-hydrogen) atoms. The van der Waals surface area contributed by atoms with E-state index in [4.69, 9.17) is 20.8 Å². The van der Waals surface area contributed by atoms with Gasteiger partial charge < -0.3 is 14.5 Å². The molecule has 2 aromatic heterocycles. The van der Waals surface area contributed by atoms with Gasteiger partial charge in [0.05, 0.1) is 4.88 Å². The van der Waals surface area contributed by atoms with Crippen LogP contribution >= 0.6 is 22.9 Å². The maximum absolute atomic E-state index is 12.6. The molecular formula is C17H19ClN2O3S. The summed E-state index contributed by atoms with van der Waals surface area (Å²) < 4.78 is 10.7. The summed E-state index contributed by atoms with van der Waals surface area (Å²) in [5.41, 5.74) is 0. The van der Waals surface area contributed by atoms with Gasteiger partial charge in [-0.2, -0.15) is 0 Å². The van der Waals surface area contributed by atoms with Crippen LogP contribution in [0.25, 0.3) is 0 Å². The molecule has 0 radical (unpaired) electrons. The lowest BCUT2D eigenvalue weighted by Gasteiger charge is -2.49. The standard InChI is InChI=1S/C17H19ClN2O3S/c1-10-16(11-6-8-20(10)9-7-11)19-17(21)12-2-5-15(24-12)23-14-4-3-13(18)22-14/h2-5,10-11,16H,6-9H2,1H3,(H,19,21). The molecule has 0 spiro atoms. The normalized spacial score (nSPS) is 28.8. The van der Waals surface area contributed by atoms with Gasteiger partial charge in [0.1, 0.15) is 0 Å². The lowest BCUT2D eigenvalue weighted by molar-refractivity contribution is 0.0218. The Kier molecular flexibility index (Phi) is 4.28. The number of carbonyl (C=O) groups excluding carboxylic acids is 1. The van der Waals surface area contributed by atoms with Gasteiger partial charge in [-0.05, 0) is 62.5 Å². The van der Waals surface area contributed by atoms with Crippen molar-refractivity contribution in [3.8, 4) is 11.0 Å². The van der Waals surface area contributed by atoms with Gasteiger partial charge in [0.25, 0.3) is 11.9 Å². The van der Waals surface area contributed by atoms with E-state index in [1.807, 2.05) is 0 Å². The van der Waals surface area contributed by atoms with Crippen LogP contribution in [0.4, 0.5) is 0 Å². The number of hydrogen-bond acceptors (Lipinski definition) is 5. The molecule has 3 aliphatic heterocycles. The average Bonchev–Trinajstić information content (AvgIpc) is 3.21. The molecule has 5 heterocycles. The highest BCUT2D eigenvalue weighted by Gasteiger charge is 2.40. The first-order chi connectivity index (χ1) is 11.6. The van der Waals surface area contributed by atoms with Crippen molar-refractivity contribution in [3.63, 3.8) is 0 Å². The molecule has 0 saturated carbocycles. The fourth-order valence-electron chi connectivity index (χ4n) is 3.72. The summed E-state index contributed by atoms with van der Waals surface area (Å²) in [7, 11) is 0. The second-order valence-corrected chi connectivity index (χ2v) is 7.81. The van der Waals surface area contributed by atoms with Gasteiger partial charge in [0.2, 0.25) is 0 Å². The minimum absolute atomic E-state index is 0.0297. The maximum Gasteiger partial charge on any atom is 0.292 e. The minimum atomic E-state index is -0.0297. The van der Waals surface area contributed by atoms with Gasteiger partial charge in [-0.25, -0.2) is 0 Å². The van der Waals surface area contributed by atoms with Crippen LogP contribution in [0.2, 0.25) is 5.22 Å². The predicted molar refractivity (Wildman–Crippen MR) is 93.1 cm³/mol. The van der Waals surface area contributed by atoms with Crippen LogP contribution in [0.15, 0.2) is 28.7 Å². The molecule has 2 atom stereocenters. The predicted octanol–water partition coefficient (Wildman–Crippen LogP) is 4.00. The summed E-state index contributed by atoms with van der Waals surface area (Å²) >= 11 is 7.03. The van der Waals surface area contributed by atoms with Crippen LogP contribution in [0.1, 0.15) is 29.4 Å². The number of rotatable bonds is 4. The molecule has 5 nitrogen and oxygen atoms in total. The van der Waals surface area contributed by atoms with E-state index in [1.54, 1.807) is 24.3 Å². The van der Waals surface area contributed by atoms with Crippen molar-refractivity contribution in [3.05, 3.63) is 34.4 Å². The van der Waals surface area contributed by atoms with Gasteiger partial charge in [0, 0.05) is 24.2 Å². The van der Waals surface area contributed by atoms with Gasteiger partial charge in [-0.15, -0.1) is 0 Å². The van der Waals surface area contributed by atoms with E-state index in [2.05, 4.69) is 17.1 Å². The molecule has 2 aromatic rings. The summed E-state index contributed by atoms with van der Waals surface area (Å²) in [5, 5.41) is 4.11. The van der Waals surface area contributed by atoms with Crippen molar-refractivity contribution in [2.75, 3.05) is 13.1 Å². The Bertz CT molecular complexity index is 734. The van der Waals surface area contributed by atoms with Gasteiger partial charge in [0.15, 0.2) is 10.3 Å². The Hall–Kier alpha value is -1.50. The van der Waals surface area contributed by atoms with E-state index in [0.29, 0.717) is 27.8 Å². The Morgan fingerprint density at radius 1 is 1.33 bits per heavy atom. The number of nitrogens with one attached hydrogen (secondary N) is 1. The summed E-state index contributed by atoms with van der Waals surface area (Å²) in [4.78, 5) is 15.7. The number of fused-ring (bicyclic) bond motifs is 3. The molecule has 1 N–H and O–H groups in total.